The zero-order valence-corrected chi connectivity index (χ0v) is 11.3. The van der Waals surface area contributed by atoms with Gasteiger partial charge in [0.1, 0.15) is 5.75 Å². The van der Waals surface area contributed by atoms with Crippen LogP contribution in [-0.2, 0) is 6.54 Å². The van der Waals surface area contributed by atoms with Gasteiger partial charge in [0.25, 0.3) is 0 Å². The van der Waals surface area contributed by atoms with E-state index in [4.69, 9.17) is 11.6 Å². The zero-order valence-electron chi connectivity index (χ0n) is 10.5. The molecule has 2 rings (SSSR count). The average Bonchev–Trinajstić information content (AvgIpc) is 2.34. The quantitative estimate of drug-likeness (QED) is 0.809. The van der Waals surface area contributed by atoms with Gasteiger partial charge in [-0.3, -0.25) is 0 Å². The van der Waals surface area contributed by atoms with E-state index >= 15 is 0 Å². The highest BCUT2D eigenvalue weighted by molar-refractivity contribution is 6.32. The molecule has 0 unspecified atom stereocenters. The highest BCUT2D eigenvalue weighted by Crippen LogP contribution is 2.26. The molecule has 0 aliphatic rings. The Morgan fingerprint density at radius 2 is 1.89 bits per heavy atom. The molecule has 0 aliphatic carbocycles. The molecule has 0 spiro atoms. The van der Waals surface area contributed by atoms with Crippen LogP contribution < -0.4 is 5.32 Å². The molecule has 94 valence electrons. The van der Waals surface area contributed by atoms with Gasteiger partial charge in [0, 0.05) is 12.2 Å². The monoisotopic (exact) mass is 261 g/mol. The molecule has 3 heteroatoms. The molecule has 0 bridgehead atoms. The van der Waals surface area contributed by atoms with Crippen LogP contribution in [0.1, 0.15) is 16.7 Å². The molecule has 0 aromatic heterocycles. The number of nitrogens with one attached hydrogen (secondary N) is 1. The molecular formula is C15H16ClNO. The van der Waals surface area contributed by atoms with Crippen LogP contribution in [0.25, 0.3) is 0 Å². The lowest BCUT2D eigenvalue weighted by molar-refractivity contribution is 0.475. The van der Waals surface area contributed by atoms with Gasteiger partial charge in [-0.05, 0) is 43.2 Å². The van der Waals surface area contributed by atoms with Crippen molar-refractivity contribution in [3.8, 4) is 5.75 Å². The van der Waals surface area contributed by atoms with Crippen molar-refractivity contribution in [1.82, 2.24) is 0 Å². The number of hydrogen-bond donors (Lipinski definition) is 2. The minimum atomic E-state index is 0.106. The first-order valence-electron chi connectivity index (χ1n) is 5.85. The van der Waals surface area contributed by atoms with Gasteiger partial charge < -0.3 is 10.4 Å². The molecular weight excluding hydrogens is 246 g/mol. The van der Waals surface area contributed by atoms with Crippen molar-refractivity contribution in [2.75, 3.05) is 5.32 Å². The van der Waals surface area contributed by atoms with Gasteiger partial charge in [-0.15, -0.1) is 0 Å². The maximum Gasteiger partial charge on any atom is 0.134 e. The molecule has 2 aromatic rings. The van der Waals surface area contributed by atoms with Gasteiger partial charge in [0.05, 0.1) is 5.02 Å². The number of benzene rings is 2. The van der Waals surface area contributed by atoms with Gasteiger partial charge in [-0.1, -0.05) is 35.4 Å². The third kappa shape index (κ3) is 2.96. The summed E-state index contributed by atoms with van der Waals surface area (Å²) >= 11 is 5.86. The largest absolute Gasteiger partial charge is 0.506 e. The van der Waals surface area contributed by atoms with Crippen LogP contribution >= 0.6 is 11.6 Å². The van der Waals surface area contributed by atoms with E-state index in [1.807, 2.05) is 6.07 Å². The summed E-state index contributed by atoms with van der Waals surface area (Å²) in [5.41, 5.74) is 4.68. The van der Waals surface area contributed by atoms with Gasteiger partial charge in [0.2, 0.25) is 0 Å². The topological polar surface area (TPSA) is 32.3 Å². The first-order valence-corrected chi connectivity index (χ1v) is 6.22. The molecule has 0 atom stereocenters. The molecule has 2 N–H and O–H groups in total. The number of phenols is 1. The molecule has 0 amide bonds. The van der Waals surface area contributed by atoms with Gasteiger partial charge in [-0.2, -0.15) is 0 Å². The van der Waals surface area contributed by atoms with Crippen molar-refractivity contribution in [3.05, 3.63) is 58.1 Å². The van der Waals surface area contributed by atoms with Gasteiger partial charge in [-0.25, -0.2) is 0 Å². The summed E-state index contributed by atoms with van der Waals surface area (Å²) in [6, 6.07) is 11.5. The van der Waals surface area contributed by atoms with E-state index in [9.17, 15) is 5.11 Å². The smallest absolute Gasteiger partial charge is 0.134 e. The molecule has 0 radical (unpaired) electrons. The van der Waals surface area contributed by atoms with E-state index in [1.54, 1.807) is 12.1 Å². The van der Waals surface area contributed by atoms with Crippen LogP contribution in [0.5, 0.6) is 5.75 Å². The average molecular weight is 262 g/mol. The number of aryl methyl sites for hydroxylation is 2. The molecule has 2 aromatic carbocycles. The first-order chi connectivity index (χ1) is 8.56. The Hall–Kier alpha value is -1.67. The van der Waals surface area contributed by atoms with Crippen molar-refractivity contribution in [1.29, 1.82) is 0 Å². The lowest BCUT2D eigenvalue weighted by Gasteiger charge is -2.10. The van der Waals surface area contributed by atoms with E-state index < -0.39 is 0 Å². The Morgan fingerprint density at radius 3 is 2.61 bits per heavy atom. The number of rotatable bonds is 3. The molecule has 0 aliphatic heterocycles. The molecule has 2 nitrogen and oxygen atoms in total. The van der Waals surface area contributed by atoms with Crippen molar-refractivity contribution in [2.24, 2.45) is 0 Å². The van der Waals surface area contributed by atoms with Crippen molar-refractivity contribution in [3.63, 3.8) is 0 Å². The van der Waals surface area contributed by atoms with Crippen molar-refractivity contribution < 1.29 is 5.11 Å². The highest BCUT2D eigenvalue weighted by Gasteiger charge is 2.02. The van der Waals surface area contributed by atoms with E-state index in [0.717, 1.165) is 12.2 Å². The maximum absolute atomic E-state index is 9.35. The Kier molecular flexibility index (Phi) is 3.78. The summed E-state index contributed by atoms with van der Waals surface area (Å²) in [5, 5.41) is 13.0. The van der Waals surface area contributed by atoms with Crippen LogP contribution in [0, 0.1) is 13.8 Å². The third-order valence-corrected chi connectivity index (χ3v) is 3.24. The maximum atomic E-state index is 9.35. The van der Waals surface area contributed by atoms with Crippen LogP contribution in [-0.4, -0.2) is 5.11 Å². The van der Waals surface area contributed by atoms with E-state index in [0.29, 0.717) is 5.02 Å². The summed E-state index contributed by atoms with van der Waals surface area (Å²) in [5.74, 6) is 0.106. The first kappa shape index (κ1) is 12.8. The van der Waals surface area contributed by atoms with Crippen LogP contribution in [0.3, 0.4) is 0 Å². The Balaban J connectivity index is 2.11. The zero-order chi connectivity index (χ0) is 13.1. The Labute approximate surface area is 112 Å². The summed E-state index contributed by atoms with van der Waals surface area (Å²) in [4.78, 5) is 0. The summed E-state index contributed by atoms with van der Waals surface area (Å²) in [6.07, 6.45) is 0. The fourth-order valence-corrected chi connectivity index (χ4v) is 1.99. The van der Waals surface area contributed by atoms with Crippen LogP contribution in [0.4, 0.5) is 5.69 Å². The second kappa shape index (κ2) is 5.32. The van der Waals surface area contributed by atoms with Gasteiger partial charge >= 0.3 is 0 Å². The highest BCUT2D eigenvalue weighted by atomic mass is 35.5. The number of hydrogen-bond acceptors (Lipinski definition) is 2. The number of aromatic hydroxyl groups is 1. The van der Waals surface area contributed by atoms with E-state index in [-0.39, 0.29) is 5.75 Å². The van der Waals surface area contributed by atoms with E-state index in [1.165, 1.54) is 16.7 Å². The summed E-state index contributed by atoms with van der Waals surface area (Å²) in [7, 11) is 0. The van der Waals surface area contributed by atoms with E-state index in [2.05, 4.69) is 37.4 Å². The number of phenolic OH excluding ortho intramolecular Hbond substituents is 1. The number of anilines is 1. The Bertz CT molecular complexity index is 566. The minimum Gasteiger partial charge on any atom is -0.506 e. The molecule has 0 heterocycles. The molecule has 0 saturated carbocycles. The summed E-state index contributed by atoms with van der Waals surface area (Å²) in [6.45, 7) is 4.93. The Morgan fingerprint density at radius 1 is 1.11 bits per heavy atom. The van der Waals surface area contributed by atoms with Crippen LogP contribution in [0.2, 0.25) is 5.02 Å². The molecule has 0 saturated heterocycles. The van der Waals surface area contributed by atoms with Crippen molar-refractivity contribution >= 4 is 17.3 Å². The second-order valence-corrected chi connectivity index (χ2v) is 4.86. The fourth-order valence-electron chi connectivity index (χ4n) is 1.80. The number of halogens is 1. The second-order valence-electron chi connectivity index (χ2n) is 4.45. The minimum absolute atomic E-state index is 0.106. The molecule has 0 fully saturated rings. The normalized spacial score (nSPS) is 10.4. The fraction of sp³-hybridized carbons (Fsp3) is 0.200. The lowest BCUT2D eigenvalue weighted by atomic mass is 10.1. The predicted molar refractivity (Wildman–Crippen MR) is 76.4 cm³/mol. The van der Waals surface area contributed by atoms with Crippen molar-refractivity contribution in [2.45, 2.75) is 20.4 Å². The van der Waals surface area contributed by atoms with Gasteiger partial charge in [0.15, 0.2) is 0 Å². The lowest BCUT2D eigenvalue weighted by Crippen LogP contribution is -2.01. The predicted octanol–water partition coefficient (Wildman–Crippen LogP) is 4.27. The summed E-state index contributed by atoms with van der Waals surface area (Å²) < 4.78 is 0. The third-order valence-electron chi connectivity index (χ3n) is 2.94. The SMILES string of the molecule is Cc1ccc(C)c(CNc2ccc(O)c(Cl)c2)c1. The molecule has 18 heavy (non-hydrogen) atoms. The van der Waals surface area contributed by atoms with Crippen LogP contribution in [0.15, 0.2) is 36.4 Å². The standard InChI is InChI=1S/C15H16ClNO/c1-10-3-4-11(2)12(7-10)9-17-13-5-6-15(18)14(16)8-13/h3-8,17-18H,9H2,1-2H3.